The van der Waals surface area contributed by atoms with Crippen LogP contribution in [0.25, 0.3) is 0 Å². The van der Waals surface area contributed by atoms with Crippen LogP contribution in [-0.2, 0) is 0 Å². The van der Waals surface area contributed by atoms with Gasteiger partial charge in [0.05, 0.1) is 4.92 Å². The highest BCUT2D eigenvalue weighted by atomic mass is 16.6. The van der Waals surface area contributed by atoms with Gasteiger partial charge in [-0.1, -0.05) is 0 Å². The monoisotopic (exact) mass is 128 g/mol. The van der Waals surface area contributed by atoms with Crippen LogP contribution in [-0.4, -0.2) is 15.0 Å². The number of H-pyrrole nitrogens is 1. The van der Waals surface area contributed by atoms with Crippen molar-refractivity contribution in [2.75, 3.05) is 0 Å². The van der Waals surface area contributed by atoms with Crippen molar-refractivity contribution in [1.82, 2.24) is 4.98 Å². The molecule has 0 spiro atoms. The van der Waals surface area contributed by atoms with Crippen LogP contribution in [0.1, 0.15) is 0 Å². The van der Waals surface area contributed by atoms with E-state index < -0.39 is 10.8 Å². The Hall–Kier alpha value is -1.52. The van der Waals surface area contributed by atoms with E-state index in [2.05, 4.69) is 4.98 Å². The fourth-order valence-electron chi connectivity index (χ4n) is 0.500. The minimum Gasteiger partial charge on any atom is -0.490 e. The molecule has 0 aliphatic heterocycles. The summed E-state index contributed by atoms with van der Waals surface area (Å²) in [4.78, 5) is 11.5. The molecule has 1 heterocycles. The summed E-state index contributed by atoms with van der Waals surface area (Å²) < 4.78 is 0. The number of hydrogen-bond acceptors (Lipinski definition) is 3. The van der Waals surface area contributed by atoms with Crippen molar-refractivity contribution in [3.8, 4) is 5.88 Å². The standard InChI is InChI=1S/C4H4N2O3/c7-4-3(6(8)9)1-2-5-4/h1-2,5,7H. The summed E-state index contributed by atoms with van der Waals surface area (Å²) in [5.41, 5.74) is -0.296. The van der Waals surface area contributed by atoms with Crippen LogP contribution >= 0.6 is 0 Å². The number of nitrogens with one attached hydrogen (secondary N) is 1. The fourth-order valence-corrected chi connectivity index (χ4v) is 0.500. The van der Waals surface area contributed by atoms with E-state index in [0.717, 1.165) is 0 Å². The van der Waals surface area contributed by atoms with Gasteiger partial charge in [0.25, 0.3) is 5.88 Å². The Balaban J connectivity index is 3.08. The number of aromatic nitrogens is 1. The van der Waals surface area contributed by atoms with Gasteiger partial charge in [-0.2, -0.15) is 0 Å². The molecule has 0 radical (unpaired) electrons. The molecule has 0 aliphatic rings. The van der Waals surface area contributed by atoms with Crippen LogP contribution in [0.2, 0.25) is 0 Å². The minimum atomic E-state index is -0.661. The number of nitro groups is 1. The van der Waals surface area contributed by atoms with Crippen LogP contribution in [0.5, 0.6) is 5.88 Å². The van der Waals surface area contributed by atoms with Crippen molar-refractivity contribution in [3.05, 3.63) is 22.4 Å². The lowest BCUT2D eigenvalue weighted by molar-refractivity contribution is -0.385. The van der Waals surface area contributed by atoms with Gasteiger partial charge in [-0.3, -0.25) is 10.1 Å². The van der Waals surface area contributed by atoms with Gasteiger partial charge in [0.15, 0.2) is 0 Å². The molecule has 1 aromatic heterocycles. The van der Waals surface area contributed by atoms with Gasteiger partial charge in [-0.15, -0.1) is 0 Å². The quantitative estimate of drug-likeness (QED) is 0.430. The van der Waals surface area contributed by atoms with Gasteiger partial charge in [0, 0.05) is 12.3 Å². The van der Waals surface area contributed by atoms with Gasteiger partial charge < -0.3 is 10.1 Å². The molecule has 0 aromatic carbocycles. The lowest BCUT2D eigenvalue weighted by Crippen LogP contribution is -1.83. The molecule has 0 saturated heterocycles. The van der Waals surface area contributed by atoms with E-state index in [1.54, 1.807) is 0 Å². The first kappa shape index (κ1) is 5.61. The lowest BCUT2D eigenvalue weighted by atomic mass is 10.5. The van der Waals surface area contributed by atoms with Crippen LogP contribution < -0.4 is 0 Å². The zero-order chi connectivity index (χ0) is 6.85. The maximum absolute atomic E-state index is 9.91. The van der Waals surface area contributed by atoms with Gasteiger partial charge in [0.2, 0.25) is 0 Å². The van der Waals surface area contributed by atoms with E-state index in [-0.39, 0.29) is 5.69 Å². The number of aromatic amines is 1. The molecule has 0 atom stereocenters. The minimum absolute atomic E-state index is 0.296. The molecule has 9 heavy (non-hydrogen) atoms. The second kappa shape index (κ2) is 1.77. The number of aromatic hydroxyl groups is 1. The number of rotatable bonds is 1. The molecule has 1 aromatic rings. The van der Waals surface area contributed by atoms with Crippen LogP contribution in [0.15, 0.2) is 12.3 Å². The maximum atomic E-state index is 9.91. The third-order valence-electron chi connectivity index (χ3n) is 0.901. The third-order valence-corrected chi connectivity index (χ3v) is 0.901. The van der Waals surface area contributed by atoms with Crippen LogP contribution in [0.3, 0.4) is 0 Å². The first-order valence-electron chi connectivity index (χ1n) is 2.22. The van der Waals surface area contributed by atoms with Crippen molar-refractivity contribution >= 4 is 5.69 Å². The third kappa shape index (κ3) is 0.835. The first-order valence-corrected chi connectivity index (χ1v) is 2.22. The van der Waals surface area contributed by atoms with Crippen molar-refractivity contribution in [2.45, 2.75) is 0 Å². The summed E-state index contributed by atoms with van der Waals surface area (Å²) in [6.45, 7) is 0. The van der Waals surface area contributed by atoms with Gasteiger partial charge in [0.1, 0.15) is 0 Å². The van der Waals surface area contributed by atoms with Crippen molar-refractivity contribution in [1.29, 1.82) is 0 Å². The molecule has 0 saturated carbocycles. The highest BCUT2D eigenvalue weighted by Crippen LogP contribution is 2.21. The predicted octanol–water partition coefficient (Wildman–Crippen LogP) is 0.628. The predicted molar refractivity (Wildman–Crippen MR) is 29.1 cm³/mol. The molecule has 5 heteroatoms. The second-order valence-corrected chi connectivity index (χ2v) is 1.47. The SMILES string of the molecule is O=[N+]([O-])c1cc[nH]c1O. The summed E-state index contributed by atoms with van der Waals surface area (Å²) in [5, 5.41) is 18.5. The first-order chi connectivity index (χ1) is 4.22. The molecule has 2 N–H and O–H groups in total. The van der Waals surface area contributed by atoms with Crippen LogP contribution in [0, 0.1) is 10.1 Å². The fraction of sp³-hybridized carbons (Fsp3) is 0. The van der Waals surface area contributed by atoms with Crippen molar-refractivity contribution in [2.24, 2.45) is 0 Å². The smallest absolute Gasteiger partial charge is 0.330 e. The molecule has 5 nitrogen and oxygen atoms in total. The number of nitrogens with zero attached hydrogens (tertiary/aromatic N) is 1. The van der Waals surface area contributed by atoms with Crippen LogP contribution in [0.4, 0.5) is 5.69 Å². The summed E-state index contributed by atoms with van der Waals surface area (Å²) in [6.07, 6.45) is 1.30. The zero-order valence-corrected chi connectivity index (χ0v) is 4.37. The highest BCUT2D eigenvalue weighted by molar-refractivity contribution is 5.39. The maximum Gasteiger partial charge on any atom is 0.330 e. The molecule has 0 fully saturated rings. The van der Waals surface area contributed by atoms with E-state index in [4.69, 9.17) is 5.11 Å². The molecule has 0 unspecified atom stereocenters. The Morgan fingerprint density at radius 3 is 2.67 bits per heavy atom. The Morgan fingerprint density at radius 1 is 1.78 bits per heavy atom. The molecule has 0 bridgehead atoms. The average molecular weight is 128 g/mol. The highest BCUT2D eigenvalue weighted by Gasteiger charge is 2.11. The molecular formula is C4H4N2O3. The molecular weight excluding hydrogens is 124 g/mol. The van der Waals surface area contributed by atoms with E-state index in [0.29, 0.717) is 0 Å². The second-order valence-electron chi connectivity index (χ2n) is 1.47. The van der Waals surface area contributed by atoms with Gasteiger partial charge >= 0.3 is 5.69 Å². The Labute approximate surface area is 50.1 Å². The number of hydrogen-bond donors (Lipinski definition) is 2. The molecule has 1 rings (SSSR count). The molecule has 48 valence electrons. The summed E-state index contributed by atoms with van der Waals surface area (Å²) in [5.74, 6) is -0.403. The van der Waals surface area contributed by atoms with E-state index in [9.17, 15) is 10.1 Å². The van der Waals surface area contributed by atoms with E-state index >= 15 is 0 Å². The Bertz CT molecular complexity index is 229. The largest absolute Gasteiger partial charge is 0.490 e. The Kier molecular flexibility index (Phi) is 1.11. The normalized spacial score (nSPS) is 9.33. The molecule has 0 aliphatic carbocycles. The average Bonchev–Trinajstić information content (AvgIpc) is 2.13. The lowest BCUT2D eigenvalue weighted by Gasteiger charge is -1.83. The van der Waals surface area contributed by atoms with Crippen molar-refractivity contribution < 1.29 is 10.0 Å². The Morgan fingerprint density at radius 2 is 2.44 bits per heavy atom. The topological polar surface area (TPSA) is 79.2 Å². The summed E-state index contributed by atoms with van der Waals surface area (Å²) in [7, 11) is 0. The molecule has 0 amide bonds. The van der Waals surface area contributed by atoms with Crippen molar-refractivity contribution in [3.63, 3.8) is 0 Å². The van der Waals surface area contributed by atoms with E-state index in [1.165, 1.54) is 12.3 Å². The summed E-state index contributed by atoms with van der Waals surface area (Å²) in [6, 6.07) is 1.19. The zero-order valence-electron chi connectivity index (χ0n) is 4.37. The van der Waals surface area contributed by atoms with Gasteiger partial charge in [-0.05, 0) is 0 Å². The van der Waals surface area contributed by atoms with E-state index in [1.807, 2.05) is 0 Å². The van der Waals surface area contributed by atoms with Gasteiger partial charge in [-0.25, -0.2) is 0 Å². The summed E-state index contributed by atoms with van der Waals surface area (Å²) >= 11 is 0.